The lowest BCUT2D eigenvalue weighted by Crippen LogP contribution is -2.41. The number of nitrogens with zero attached hydrogens (tertiary/aromatic N) is 3. The van der Waals surface area contributed by atoms with Gasteiger partial charge in [-0.05, 0) is 56.0 Å². The molecule has 9 heteroatoms. The summed E-state index contributed by atoms with van der Waals surface area (Å²) < 4.78 is 13.6. The number of rotatable bonds is 8. The minimum atomic E-state index is -0.350. The highest BCUT2D eigenvalue weighted by atomic mass is 32.2. The lowest BCUT2D eigenvalue weighted by Gasteiger charge is -2.31. The fourth-order valence-electron chi connectivity index (χ4n) is 3.33. The molecular weight excluding hydrogens is 417 g/mol. The molecule has 2 heterocycles. The summed E-state index contributed by atoms with van der Waals surface area (Å²) in [6, 6.07) is 8.34. The van der Waals surface area contributed by atoms with E-state index >= 15 is 0 Å². The van der Waals surface area contributed by atoms with Crippen LogP contribution in [0.15, 0.2) is 35.4 Å². The van der Waals surface area contributed by atoms with Gasteiger partial charge in [0.2, 0.25) is 11.8 Å². The lowest BCUT2D eigenvalue weighted by atomic mass is 9.96. The molecule has 166 valence electrons. The van der Waals surface area contributed by atoms with Gasteiger partial charge in [0, 0.05) is 31.2 Å². The molecule has 3 rings (SSSR count). The fraction of sp³-hybridized carbons (Fsp3) is 0.455. The number of aromatic nitrogens is 2. The van der Waals surface area contributed by atoms with Gasteiger partial charge in [-0.1, -0.05) is 24.8 Å². The number of nitrogens with one attached hydrogen (secondary N) is 2. The third-order valence-electron chi connectivity index (χ3n) is 5.17. The van der Waals surface area contributed by atoms with Gasteiger partial charge in [-0.25, -0.2) is 4.39 Å². The second-order valence-electron chi connectivity index (χ2n) is 7.58. The topological polar surface area (TPSA) is 87.2 Å². The van der Waals surface area contributed by atoms with E-state index < -0.39 is 0 Å². The number of anilines is 2. The Morgan fingerprint density at radius 2 is 1.97 bits per heavy atom. The van der Waals surface area contributed by atoms with E-state index in [4.69, 9.17) is 0 Å². The molecule has 2 aromatic rings. The fourth-order valence-corrected chi connectivity index (χ4v) is 3.94. The second-order valence-corrected chi connectivity index (χ2v) is 8.58. The predicted molar refractivity (Wildman–Crippen MR) is 121 cm³/mol. The maximum Gasteiger partial charge on any atom is 0.234 e. The number of benzene rings is 1. The van der Waals surface area contributed by atoms with Crippen LogP contribution < -0.4 is 15.5 Å². The van der Waals surface area contributed by atoms with Gasteiger partial charge in [-0.2, -0.15) is 0 Å². The van der Waals surface area contributed by atoms with Crippen LogP contribution >= 0.6 is 11.8 Å². The number of thioether (sulfide) groups is 1. The summed E-state index contributed by atoms with van der Waals surface area (Å²) >= 11 is 1.27. The third kappa shape index (κ3) is 6.65. The normalized spacial score (nSPS) is 14.4. The van der Waals surface area contributed by atoms with Crippen LogP contribution in [0.25, 0.3) is 0 Å². The molecule has 1 saturated heterocycles. The molecule has 31 heavy (non-hydrogen) atoms. The molecule has 0 radical (unpaired) electrons. The highest BCUT2D eigenvalue weighted by Gasteiger charge is 2.25. The number of halogens is 1. The molecule has 7 nitrogen and oxygen atoms in total. The smallest absolute Gasteiger partial charge is 0.234 e. The Hall–Kier alpha value is -2.68. The van der Waals surface area contributed by atoms with Crippen LogP contribution in [0, 0.1) is 18.7 Å². The first-order chi connectivity index (χ1) is 15.0. The van der Waals surface area contributed by atoms with Crippen LogP contribution in [0.4, 0.5) is 15.9 Å². The SMILES string of the molecule is CCCNC(=O)C1CCN(c2ccc(SCC(=O)Nc3ccc(C)c(F)c3)nn2)CC1. The summed E-state index contributed by atoms with van der Waals surface area (Å²) in [4.78, 5) is 26.3. The largest absolute Gasteiger partial charge is 0.356 e. The Bertz CT molecular complexity index is 901. The molecular formula is C22H28FN5O2S. The molecule has 2 N–H and O–H groups in total. The summed E-state index contributed by atoms with van der Waals surface area (Å²) in [6.45, 7) is 5.97. The van der Waals surface area contributed by atoms with E-state index in [0.29, 0.717) is 16.3 Å². The summed E-state index contributed by atoms with van der Waals surface area (Å²) in [6.07, 6.45) is 2.54. The maximum absolute atomic E-state index is 13.6. The van der Waals surface area contributed by atoms with Crippen LogP contribution in [0.1, 0.15) is 31.7 Å². The van der Waals surface area contributed by atoms with Crippen molar-refractivity contribution in [1.29, 1.82) is 0 Å². The molecule has 1 aromatic carbocycles. The second kappa shape index (κ2) is 11.1. The summed E-state index contributed by atoms with van der Waals surface area (Å²) in [7, 11) is 0. The Morgan fingerprint density at radius 1 is 1.19 bits per heavy atom. The first-order valence-corrected chi connectivity index (χ1v) is 11.5. The third-order valence-corrected chi connectivity index (χ3v) is 6.09. The van der Waals surface area contributed by atoms with Gasteiger partial charge in [0.05, 0.1) is 5.75 Å². The van der Waals surface area contributed by atoms with Crippen molar-refractivity contribution in [2.75, 3.05) is 35.6 Å². The summed E-state index contributed by atoms with van der Waals surface area (Å²) in [5.74, 6) is 0.551. The molecule has 1 aromatic heterocycles. The lowest BCUT2D eigenvalue weighted by molar-refractivity contribution is -0.125. The maximum atomic E-state index is 13.6. The minimum Gasteiger partial charge on any atom is -0.356 e. The highest BCUT2D eigenvalue weighted by Crippen LogP contribution is 2.23. The zero-order chi connectivity index (χ0) is 22.2. The van der Waals surface area contributed by atoms with Crippen molar-refractivity contribution in [2.24, 2.45) is 5.92 Å². The standard InChI is InChI=1S/C22H28FN5O2S/c1-3-10-24-22(30)16-8-11-28(12-9-16)19-6-7-21(27-26-19)31-14-20(29)25-17-5-4-15(2)18(23)13-17/h4-7,13,16H,3,8-12,14H2,1-2H3,(H,24,30)(H,25,29). The van der Waals surface area contributed by atoms with Crippen molar-refractivity contribution >= 4 is 35.1 Å². The van der Waals surface area contributed by atoms with Crippen LogP contribution in [-0.2, 0) is 9.59 Å². The Labute approximate surface area is 186 Å². The molecule has 0 saturated carbocycles. The molecule has 0 atom stereocenters. The zero-order valence-corrected chi connectivity index (χ0v) is 18.7. The quantitative estimate of drug-likeness (QED) is 0.606. The first kappa shape index (κ1) is 23.0. The van der Waals surface area contributed by atoms with Gasteiger partial charge in [-0.15, -0.1) is 10.2 Å². The van der Waals surface area contributed by atoms with Gasteiger partial charge in [0.25, 0.3) is 0 Å². The van der Waals surface area contributed by atoms with Crippen LogP contribution in [0.3, 0.4) is 0 Å². The number of piperidine rings is 1. The number of hydrogen-bond acceptors (Lipinski definition) is 6. The van der Waals surface area contributed by atoms with Gasteiger partial charge in [0.15, 0.2) is 5.82 Å². The number of amides is 2. The molecule has 2 amide bonds. The van der Waals surface area contributed by atoms with E-state index in [1.807, 2.05) is 19.1 Å². The Morgan fingerprint density at radius 3 is 2.61 bits per heavy atom. The highest BCUT2D eigenvalue weighted by molar-refractivity contribution is 7.99. The minimum absolute atomic E-state index is 0.0612. The predicted octanol–water partition coefficient (Wildman–Crippen LogP) is 3.40. The molecule has 1 fully saturated rings. The molecule has 0 bridgehead atoms. The van der Waals surface area contributed by atoms with Gasteiger partial charge >= 0.3 is 0 Å². The molecule has 0 aliphatic carbocycles. The average Bonchev–Trinajstić information content (AvgIpc) is 2.79. The summed E-state index contributed by atoms with van der Waals surface area (Å²) in [5, 5.41) is 14.8. The molecule has 1 aliphatic rings. The molecule has 0 unspecified atom stereocenters. The van der Waals surface area contributed by atoms with E-state index in [0.717, 1.165) is 44.7 Å². The van der Waals surface area contributed by atoms with Gasteiger partial charge in [-0.3, -0.25) is 9.59 Å². The number of carbonyl (C=O) groups excluding carboxylic acids is 2. The van der Waals surface area contributed by atoms with Crippen LogP contribution in [0.5, 0.6) is 0 Å². The average molecular weight is 446 g/mol. The van der Waals surface area contributed by atoms with E-state index in [1.54, 1.807) is 19.1 Å². The first-order valence-electron chi connectivity index (χ1n) is 10.5. The zero-order valence-electron chi connectivity index (χ0n) is 17.9. The number of carbonyl (C=O) groups is 2. The van der Waals surface area contributed by atoms with Crippen molar-refractivity contribution in [3.63, 3.8) is 0 Å². The van der Waals surface area contributed by atoms with Crippen molar-refractivity contribution in [1.82, 2.24) is 15.5 Å². The van der Waals surface area contributed by atoms with Crippen molar-refractivity contribution in [3.8, 4) is 0 Å². The van der Waals surface area contributed by atoms with E-state index in [9.17, 15) is 14.0 Å². The number of hydrogen-bond donors (Lipinski definition) is 2. The Kier molecular flexibility index (Phi) is 8.22. The van der Waals surface area contributed by atoms with E-state index in [1.165, 1.54) is 17.8 Å². The van der Waals surface area contributed by atoms with Crippen molar-refractivity contribution < 1.29 is 14.0 Å². The van der Waals surface area contributed by atoms with Crippen molar-refractivity contribution in [3.05, 3.63) is 41.7 Å². The Balaban J connectivity index is 1.44. The molecule has 1 aliphatic heterocycles. The van der Waals surface area contributed by atoms with Crippen LogP contribution in [-0.4, -0.2) is 47.4 Å². The number of aryl methyl sites for hydroxylation is 1. The van der Waals surface area contributed by atoms with Gasteiger partial charge in [0.1, 0.15) is 10.8 Å². The summed E-state index contributed by atoms with van der Waals surface area (Å²) in [5.41, 5.74) is 0.966. The van der Waals surface area contributed by atoms with Crippen LogP contribution in [0.2, 0.25) is 0 Å². The molecule has 0 spiro atoms. The van der Waals surface area contributed by atoms with Crippen molar-refractivity contribution in [2.45, 2.75) is 38.1 Å². The van der Waals surface area contributed by atoms with E-state index in [-0.39, 0.29) is 29.3 Å². The monoisotopic (exact) mass is 445 g/mol. The van der Waals surface area contributed by atoms with E-state index in [2.05, 4.69) is 25.7 Å². The van der Waals surface area contributed by atoms with Gasteiger partial charge < -0.3 is 15.5 Å².